The van der Waals surface area contributed by atoms with E-state index in [0.29, 0.717) is 27.7 Å². The zero-order valence-corrected chi connectivity index (χ0v) is 19.5. The first-order chi connectivity index (χ1) is 14.9. The molecule has 0 saturated carbocycles. The number of halogens is 6. The largest absolute Gasteiger partial charge is 0.404 e. The van der Waals surface area contributed by atoms with Crippen LogP contribution in [0.3, 0.4) is 0 Å². The summed E-state index contributed by atoms with van der Waals surface area (Å²) in [4.78, 5) is 1.81. The van der Waals surface area contributed by atoms with Gasteiger partial charge in [0.05, 0.1) is 10.6 Å². The van der Waals surface area contributed by atoms with Crippen molar-refractivity contribution in [3.05, 3.63) is 62.6 Å². The Morgan fingerprint density at radius 3 is 2.47 bits per heavy atom. The van der Waals surface area contributed by atoms with Gasteiger partial charge in [-0.15, -0.1) is 0 Å². The second kappa shape index (κ2) is 9.65. The summed E-state index contributed by atoms with van der Waals surface area (Å²) in [7, 11) is -4.51. The second-order valence-electron chi connectivity index (χ2n) is 7.31. The third-order valence-corrected chi connectivity index (χ3v) is 7.79. The van der Waals surface area contributed by atoms with Gasteiger partial charge in [0, 0.05) is 41.4 Å². The molecular weight excluding hydrogens is 510 g/mol. The Labute approximate surface area is 198 Å². The van der Waals surface area contributed by atoms with Crippen molar-refractivity contribution in [2.45, 2.75) is 25.2 Å². The second-order valence-corrected chi connectivity index (χ2v) is 10.5. The normalized spacial score (nSPS) is 17.3. The van der Waals surface area contributed by atoms with Gasteiger partial charge in [-0.1, -0.05) is 34.8 Å². The van der Waals surface area contributed by atoms with Crippen LogP contribution in [-0.2, 0) is 16.6 Å². The average molecular weight is 527 g/mol. The van der Waals surface area contributed by atoms with Crippen molar-refractivity contribution in [3.8, 4) is 6.07 Å². The van der Waals surface area contributed by atoms with Gasteiger partial charge >= 0.3 is 6.18 Å². The highest BCUT2D eigenvalue weighted by atomic mass is 35.5. The van der Waals surface area contributed by atoms with Crippen LogP contribution in [0.5, 0.6) is 0 Å². The molecule has 172 valence electrons. The molecule has 1 atom stereocenters. The number of hydrogen-bond acceptors (Lipinski definition) is 4. The minimum absolute atomic E-state index is 0.0487. The van der Waals surface area contributed by atoms with Gasteiger partial charge in [-0.05, 0) is 48.4 Å². The molecule has 0 unspecified atom stereocenters. The number of nitrogens with zero attached hydrogens (tertiary/aromatic N) is 3. The van der Waals surface area contributed by atoms with E-state index in [1.165, 1.54) is 6.07 Å². The molecule has 3 rings (SSSR count). The molecule has 5 nitrogen and oxygen atoms in total. The van der Waals surface area contributed by atoms with Gasteiger partial charge in [-0.25, -0.2) is 8.42 Å². The molecule has 0 radical (unpaired) electrons. The maximum absolute atomic E-state index is 12.7. The number of nitriles is 1. The van der Waals surface area contributed by atoms with Gasteiger partial charge in [0.15, 0.2) is 5.75 Å². The number of hydrogen-bond donors (Lipinski definition) is 0. The van der Waals surface area contributed by atoms with Gasteiger partial charge in [-0.2, -0.15) is 22.7 Å². The Balaban J connectivity index is 1.94. The topological polar surface area (TPSA) is 64.4 Å². The van der Waals surface area contributed by atoms with Crippen molar-refractivity contribution in [2.75, 3.05) is 23.7 Å². The molecule has 0 aromatic heterocycles. The first-order valence-electron chi connectivity index (χ1n) is 9.34. The van der Waals surface area contributed by atoms with E-state index in [9.17, 15) is 21.6 Å². The number of anilines is 1. The van der Waals surface area contributed by atoms with Crippen LogP contribution in [0.2, 0.25) is 15.1 Å². The van der Waals surface area contributed by atoms with E-state index in [1.807, 2.05) is 11.0 Å². The molecule has 32 heavy (non-hydrogen) atoms. The predicted octanol–water partition coefficient (Wildman–Crippen LogP) is 5.49. The van der Waals surface area contributed by atoms with Gasteiger partial charge < -0.3 is 4.90 Å². The lowest BCUT2D eigenvalue weighted by Gasteiger charge is -2.32. The van der Waals surface area contributed by atoms with E-state index in [2.05, 4.69) is 0 Å². The molecule has 2 aromatic rings. The minimum Gasteiger partial charge on any atom is -0.363 e. The van der Waals surface area contributed by atoms with Crippen LogP contribution < -0.4 is 4.90 Å². The van der Waals surface area contributed by atoms with Gasteiger partial charge in [0.2, 0.25) is 10.0 Å². The number of benzene rings is 2. The third-order valence-electron chi connectivity index (χ3n) is 5.06. The fraction of sp³-hybridized carbons (Fsp3) is 0.350. The van der Waals surface area contributed by atoms with Gasteiger partial charge in [-0.3, -0.25) is 0 Å². The summed E-state index contributed by atoms with van der Waals surface area (Å²) < 4.78 is 63.5. The van der Waals surface area contributed by atoms with Crippen LogP contribution in [0.15, 0.2) is 36.4 Å². The van der Waals surface area contributed by atoms with Crippen LogP contribution in [0.25, 0.3) is 0 Å². The van der Waals surface area contributed by atoms with Crippen molar-refractivity contribution in [1.29, 1.82) is 5.26 Å². The molecule has 1 heterocycles. The molecule has 0 N–H and O–H groups in total. The van der Waals surface area contributed by atoms with Crippen molar-refractivity contribution >= 4 is 50.5 Å². The highest BCUT2D eigenvalue weighted by molar-refractivity contribution is 7.89. The zero-order chi connectivity index (χ0) is 23.7. The van der Waals surface area contributed by atoms with E-state index in [-0.39, 0.29) is 30.2 Å². The molecule has 1 aliphatic heterocycles. The lowest BCUT2D eigenvalue weighted by Crippen LogP contribution is -2.41. The average Bonchev–Trinajstić information content (AvgIpc) is 3.17. The molecular formula is C20H17Cl3F3N3O2S. The van der Waals surface area contributed by atoms with Crippen LogP contribution in [0.4, 0.5) is 18.9 Å². The lowest BCUT2D eigenvalue weighted by atomic mass is 10.1. The van der Waals surface area contributed by atoms with Crippen molar-refractivity contribution < 1.29 is 21.6 Å². The van der Waals surface area contributed by atoms with Crippen molar-refractivity contribution in [1.82, 2.24) is 4.31 Å². The summed E-state index contributed by atoms with van der Waals surface area (Å²) in [5.41, 5.74) is 1.48. The monoisotopic (exact) mass is 525 g/mol. The summed E-state index contributed by atoms with van der Waals surface area (Å²) in [6.45, 7) is 0.0283. The van der Waals surface area contributed by atoms with E-state index in [0.717, 1.165) is 4.31 Å². The minimum atomic E-state index is -4.83. The smallest absolute Gasteiger partial charge is 0.363 e. The maximum atomic E-state index is 12.7. The fourth-order valence-corrected chi connectivity index (χ4v) is 5.54. The van der Waals surface area contributed by atoms with Crippen LogP contribution in [-0.4, -0.2) is 43.8 Å². The number of sulfonamides is 1. The summed E-state index contributed by atoms with van der Waals surface area (Å²) >= 11 is 18.6. The van der Waals surface area contributed by atoms with E-state index in [1.54, 1.807) is 30.3 Å². The highest BCUT2D eigenvalue weighted by Gasteiger charge is 2.42. The number of rotatable bonds is 6. The van der Waals surface area contributed by atoms with Gasteiger partial charge in [0.25, 0.3) is 0 Å². The Morgan fingerprint density at radius 1 is 1.12 bits per heavy atom. The van der Waals surface area contributed by atoms with E-state index < -0.39 is 28.0 Å². The number of alkyl halides is 3. The summed E-state index contributed by atoms with van der Waals surface area (Å²) in [6.07, 6.45) is -4.53. The Bertz CT molecular complexity index is 1150. The highest BCUT2D eigenvalue weighted by Crippen LogP contribution is 2.32. The molecule has 2 aromatic carbocycles. The first-order valence-corrected chi connectivity index (χ1v) is 12.1. The molecule has 0 aliphatic carbocycles. The molecule has 0 amide bonds. The van der Waals surface area contributed by atoms with E-state index >= 15 is 0 Å². The summed E-state index contributed by atoms with van der Waals surface area (Å²) in [5, 5.41) is 10.2. The van der Waals surface area contributed by atoms with E-state index in [4.69, 9.17) is 40.1 Å². The molecule has 1 saturated heterocycles. The standard InChI is InChI=1S/C20H17Cl3F3N3O2S/c21-15-2-4-18(22)14(7-15)10-29(16-3-1-13(9-27)19(23)8-16)17-5-6-28(11-17)32(30,31)12-20(24,25)26/h1-4,7-8,17H,5-6,10-12H2/t17-/m0/s1. The lowest BCUT2D eigenvalue weighted by molar-refractivity contribution is -0.107. The third kappa shape index (κ3) is 6.00. The fourth-order valence-electron chi connectivity index (χ4n) is 3.57. The summed E-state index contributed by atoms with van der Waals surface area (Å²) in [6, 6.07) is 11.2. The molecule has 1 fully saturated rings. The van der Waals surface area contributed by atoms with Crippen LogP contribution >= 0.6 is 34.8 Å². The predicted molar refractivity (Wildman–Crippen MR) is 119 cm³/mol. The molecule has 12 heteroatoms. The summed E-state index contributed by atoms with van der Waals surface area (Å²) in [5.74, 6) is -1.91. The molecule has 0 spiro atoms. The molecule has 1 aliphatic rings. The molecule has 0 bridgehead atoms. The van der Waals surface area contributed by atoms with Crippen LogP contribution in [0.1, 0.15) is 17.5 Å². The van der Waals surface area contributed by atoms with Crippen LogP contribution in [0, 0.1) is 11.3 Å². The SMILES string of the molecule is N#Cc1ccc(N(Cc2cc(Cl)ccc2Cl)[C@H]2CCN(S(=O)(=O)CC(F)(F)F)C2)cc1Cl. The Morgan fingerprint density at radius 2 is 1.84 bits per heavy atom. The quantitative estimate of drug-likeness (QED) is 0.499. The van der Waals surface area contributed by atoms with Crippen molar-refractivity contribution in [3.63, 3.8) is 0 Å². The van der Waals surface area contributed by atoms with Crippen molar-refractivity contribution in [2.24, 2.45) is 0 Å². The maximum Gasteiger partial charge on any atom is 0.404 e. The van der Waals surface area contributed by atoms with Gasteiger partial charge in [0.1, 0.15) is 6.07 Å². The Kier molecular flexibility index (Phi) is 7.52. The zero-order valence-electron chi connectivity index (χ0n) is 16.4. The Hall–Kier alpha value is -1.70. The first kappa shape index (κ1) is 24.9.